The molecule has 0 spiro atoms. The van der Waals surface area contributed by atoms with Gasteiger partial charge < -0.3 is 4.90 Å². The van der Waals surface area contributed by atoms with E-state index in [0.29, 0.717) is 0 Å². The lowest BCUT2D eigenvalue weighted by Gasteiger charge is -2.36. The molecule has 0 unspecified atom stereocenters. The van der Waals surface area contributed by atoms with Gasteiger partial charge in [0.1, 0.15) is 0 Å². The van der Waals surface area contributed by atoms with Crippen LogP contribution in [-0.2, 0) is 5.41 Å². The Morgan fingerprint density at radius 1 is 0.333 bits per heavy atom. The number of benzene rings is 9. The van der Waals surface area contributed by atoms with E-state index in [1.807, 2.05) is 0 Å². The van der Waals surface area contributed by atoms with Gasteiger partial charge in [-0.15, -0.1) is 0 Å². The Morgan fingerprint density at radius 3 is 1.56 bits per heavy atom. The zero-order valence-electron chi connectivity index (χ0n) is 30.5. The van der Waals surface area contributed by atoms with Gasteiger partial charge in [0.05, 0.1) is 0 Å². The minimum Gasteiger partial charge on any atom is -0.311 e. The molecule has 0 saturated carbocycles. The zero-order chi connectivity index (χ0) is 36.2. The number of hydrogen-bond donors (Lipinski definition) is 0. The Kier molecular flexibility index (Phi) is 7.56. The van der Waals surface area contributed by atoms with Gasteiger partial charge in [0, 0.05) is 22.5 Å². The summed E-state index contributed by atoms with van der Waals surface area (Å²) in [7, 11) is 0. The molecule has 256 valence electrons. The Morgan fingerprint density at radius 2 is 0.852 bits per heavy atom. The Balaban J connectivity index is 1.05. The predicted molar refractivity (Wildman–Crippen MR) is 230 cm³/mol. The van der Waals surface area contributed by atoms with Crippen LogP contribution in [-0.4, -0.2) is 0 Å². The van der Waals surface area contributed by atoms with E-state index in [1.54, 1.807) is 0 Å². The Bertz CT molecular complexity index is 2770. The van der Waals surface area contributed by atoms with Gasteiger partial charge >= 0.3 is 0 Å². The molecule has 1 aliphatic rings. The van der Waals surface area contributed by atoms with Crippen LogP contribution in [0.3, 0.4) is 0 Å². The highest BCUT2D eigenvalue weighted by Gasteiger charge is 2.34. The molecule has 10 rings (SSSR count). The van der Waals surface area contributed by atoms with Crippen LogP contribution in [0, 0.1) is 0 Å². The van der Waals surface area contributed by atoms with E-state index >= 15 is 0 Å². The van der Waals surface area contributed by atoms with Crippen molar-refractivity contribution in [1.29, 1.82) is 0 Å². The van der Waals surface area contributed by atoms with Crippen LogP contribution in [0.1, 0.15) is 25.0 Å². The maximum absolute atomic E-state index is 2.44. The highest BCUT2D eigenvalue weighted by molar-refractivity contribution is 6.09. The minimum atomic E-state index is -0.130. The summed E-state index contributed by atoms with van der Waals surface area (Å²) >= 11 is 0. The molecule has 1 aliphatic carbocycles. The quantitative estimate of drug-likeness (QED) is 0.168. The first-order chi connectivity index (χ1) is 26.5. The van der Waals surface area contributed by atoms with Crippen molar-refractivity contribution < 1.29 is 0 Å². The zero-order valence-corrected chi connectivity index (χ0v) is 30.5. The smallest absolute Gasteiger partial charge is 0.0462 e. The lowest BCUT2D eigenvalue weighted by atomic mass is 9.67. The van der Waals surface area contributed by atoms with Gasteiger partial charge in [-0.2, -0.15) is 0 Å². The number of nitrogens with zero attached hydrogens (tertiary/aromatic N) is 1. The largest absolute Gasteiger partial charge is 0.311 e. The molecule has 0 fully saturated rings. The van der Waals surface area contributed by atoms with E-state index in [4.69, 9.17) is 0 Å². The molecule has 0 saturated heterocycles. The molecule has 54 heavy (non-hydrogen) atoms. The number of fused-ring (bicyclic) bond motifs is 3. The predicted octanol–water partition coefficient (Wildman–Crippen LogP) is 14.8. The molecule has 0 amide bonds. The van der Waals surface area contributed by atoms with Gasteiger partial charge in [-0.3, -0.25) is 0 Å². The molecule has 0 heterocycles. The van der Waals surface area contributed by atoms with Crippen LogP contribution < -0.4 is 4.90 Å². The molecule has 0 N–H and O–H groups in total. The van der Waals surface area contributed by atoms with E-state index in [1.165, 1.54) is 77.2 Å². The third-order valence-electron chi connectivity index (χ3n) is 11.4. The van der Waals surface area contributed by atoms with Crippen LogP contribution in [0.5, 0.6) is 0 Å². The van der Waals surface area contributed by atoms with Crippen LogP contribution in [0.25, 0.3) is 66.1 Å². The normalized spacial score (nSPS) is 12.8. The van der Waals surface area contributed by atoms with Crippen molar-refractivity contribution in [2.75, 3.05) is 4.90 Å². The third kappa shape index (κ3) is 5.32. The molecule has 0 aromatic heterocycles. The molecule has 9 aromatic rings. The summed E-state index contributed by atoms with van der Waals surface area (Å²) in [5.41, 5.74) is 16.1. The topological polar surface area (TPSA) is 3.24 Å². The fourth-order valence-electron chi connectivity index (χ4n) is 8.66. The van der Waals surface area contributed by atoms with E-state index in [0.717, 1.165) is 17.1 Å². The van der Waals surface area contributed by atoms with Crippen LogP contribution >= 0.6 is 0 Å². The molecule has 0 bridgehead atoms. The first-order valence-electron chi connectivity index (χ1n) is 18.8. The van der Waals surface area contributed by atoms with Crippen molar-refractivity contribution in [2.45, 2.75) is 19.3 Å². The number of para-hydroxylation sites is 2. The molecule has 0 radical (unpaired) electrons. The van der Waals surface area contributed by atoms with Gasteiger partial charge in [-0.05, 0) is 126 Å². The van der Waals surface area contributed by atoms with Crippen molar-refractivity contribution in [3.8, 4) is 44.5 Å². The summed E-state index contributed by atoms with van der Waals surface area (Å²) in [5.74, 6) is 0. The van der Waals surface area contributed by atoms with Gasteiger partial charge in [0.25, 0.3) is 0 Å². The lowest BCUT2D eigenvalue weighted by Crippen LogP contribution is -2.24. The van der Waals surface area contributed by atoms with E-state index in [9.17, 15) is 0 Å². The van der Waals surface area contributed by atoms with Crippen molar-refractivity contribution in [3.05, 3.63) is 211 Å². The first-order valence-corrected chi connectivity index (χ1v) is 18.8. The summed E-state index contributed by atoms with van der Waals surface area (Å²) in [6.07, 6.45) is 0. The van der Waals surface area contributed by atoms with Gasteiger partial charge in [-0.1, -0.05) is 166 Å². The summed E-state index contributed by atoms with van der Waals surface area (Å²) in [5, 5.41) is 5.18. The van der Waals surface area contributed by atoms with Crippen molar-refractivity contribution in [1.82, 2.24) is 0 Å². The van der Waals surface area contributed by atoms with Gasteiger partial charge in [-0.25, -0.2) is 0 Å². The average Bonchev–Trinajstić information content (AvgIpc) is 3.23. The fraction of sp³-hybridized carbons (Fsp3) is 0.0566. The molecule has 1 nitrogen and oxygen atoms in total. The SMILES string of the molecule is CC1(C)c2ccc(-c3ccc4ccccc4c3)cc2-c2c(-c3ccc(-c4ccc(N(c5ccccc5)c5ccccc5)cc4)cc3)ccc3cccc1c23. The lowest BCUT2D eigenvalue weighted by molar-refractivity contribution is 0.645. The summed E-state index contributed by atoms with van der Waals surface area (Å²) < 4.78 is 0. The maximum Gasteiger partial charge on any atom is 0.0462 e. The maximum atomic E-state index is 2.44. The van der Waals surface area contributed by atoms with Crippen molar-refractivity contribution >= 4 is 38.6 Å². The molecule has 9 aromatic carbocycles. The van der Waals surface area contributed by atoms with Crippen LogP contribution in [0.2, 0.25) is 0 Å². The molecular weight excluding hydrogens is 651 g/mol. The van der Waals surface area contributed by atoms with Gasteiger partial charge in [0.2, 0.25) is 0 Å². The summed E-state index contributed by atoms with van der Waals surface area (Å²) in [4.78, 5) is 2.30. The summed E-state index contributed by atoms with van der Waals surface area (Å²) in [6.45, 7) is 4.76. The van der Waals surface area contributed by atoms with Crippen molar-refractivity contribution in [2.24, 2.45) is 0 Å². The van der Waals surface area contributed by atoms with Crippen molar-refractivity contribution in [3.63, 3.8) is 0 Å². The van der Waals surface area contributed by atoms with E-state index < -0.39 is 0 Å². The first kappa shape index (κ1) is 32.0. The third-order valence-corrected chi connectivity index (χ3v) is 11.4. The fourth-order valence-corrected chi connectivity index (χ4v) is 8.66. The van der Waals surface area contributed by atoms with Crippen LogP contribution in [0.15, 0.2) is 200 Å². The Labute approximate surface area is 317 Å². The number of hydrogen-bond acceptors (Lipinski definition) is 1. The standard InChI is InChI=1S/C53H39N/c1-53(2)49-33-29-43(42-25-22-36-12-9-10-13-41(36)34-42)35-48(49)52-47(32-28-40-14-11-19-50(53)51(40)52)39-23-20-37(21-24-39)38-26-30-46(31-27-38)54(44-15-5-3-6-16-44)45-17-7-4-8-18-45/h3-35H,1-2H3. The molecule has 0 aliphatic heterocycles. The van der Waals surface area contributed by atoms with Crippen LogP contribution in [0.4, 0.5) is 17.1 Å². The highest BCUT2D eigenvalue weighted by atomic mass is 15.1. The molecular formula is C53H39N. The minimum absolute atomic E-state index is 0.130. The second kappa shape index (κ2) is 12.8. The Hall–Kier alpha value is -6.70. The summed E-state index contributed by atoms with van der Waals surface area (Å²) in [6, 6.07) is 73.3. The average molecular weight is 690 g/mol. The number of anilines is 3. The second-order valence-corrected chi connectivity index (χ2v) is 15.0. The second-order valence-electron chi connectivity index (χ2n) is 15.0. The highest BCUT2D eigenvalue weighted by Crippen LogP contribution is 2.52. The van der Waals surface area contributed by atoms with E-state index in [-0.39, 0.29) is 5.41 Å². The van der Waals surface area contributed by atoms with Gasteiger partial charge in [0.15, 0.2) is 0 Å². The molecule has 0 atom stereocenters. The monoisotopic (exact) mass is 689 g/mol. The number of rotatable bonds is 6. The molecule has 1 heteroatoms. The van der Waals surface area contributed by atoms with E-state index in [2.05, 4.69) is 219 Å².